The number of β-amino-alcohol motifs (C(OH)–C–C–N with tert-alkyl or cyclic N) is 1. The molecule has 0 aromatic rings. The lowest BCUT2D eigenvalue weighted by molar-refractivity contribution is -0.150. The highest BCUT2D eigenvalue weighted by Gasteiger charge is 2.39. The Morgan fingerprint density at radius 3 is 2.43 bits per heavy atom. The molecule has 0 aromatic heterocycles. The molecule has 1 aliphatic heterocycles. The molecule has 1 heterocycles. The number of nitrogens with one attached hydrogen (secondary N) is 1. The van der Waals surface area contributed by atoms with Crippen LogP contribution in [-0.2, 0) is 19.1 Å². The second-order valence-corrected chi connectivity index (χ2v) is 7.61. The van der Waals surface area contributed by atoms with Gasteiger partial charge in [-0.15, -0.1) is 6.58 Å². The zero-order valence-corrected chi connectivity index (χ0v) is 17.8. The molecule has 8 heteroatoms. The number of carbonyl (C=O) groups is 3. The van der Waals surface area contributed by atoms with Crippen LogP contribution in [0.15, 0.2) is 12.7 Å². The van der Waals surface area contributed by atoms with Crippen LogP contribution in [0.1, 0.15) is 59.8 Å². The summed E-state index contributed by atoms with van der Waals surface area (Å²) in [5.74, 6) is -1.06. The van der Waals surface area contributed by atoms with E-state index in [4.69, 9.17) is 4.74 Å². The van der Waals surface area contributed by atoms with Crippen molar-refractivity contribution in [3.8, 4) is 0 Å². The van der Waals surface area contributed by atoms with Crippen molar-refractivity contribution in [2.24, 2.45) is 0 Å². The number of hydrogen-bond donors (Lipinski definition) is 2. The number of aliphatic hydroxyl groups excluding tert-OH is 1. The number of nitrogens with zero attached hydrogens (tertiary/aromatic N) is 1. The van der Waals surface area contributed by atoms with E-state index < -0.39 is 35.7 Å². The minimum Gasteiger partial charge on any atom is -0.467 e. The summed E-state index contributed by atoms with van der Waals surface area (Å²) in [6.45, 7) is 10.7. The molecule has 8 nitrogen and oxygen atoms in total. The average Bonchev–Trinajstić information content (AvgIpc) is 3.00. The molecule has 2 atom stereocenters. The number of carbonyl (C=O) groups excluding carboxylic acids is 3. The molecular formula is C20H36N2O6. The van der Waals surface area contributed by atoms with E-state index in [-0.39, 0.29) is 19.5 Å². The largest absolute Gasteiger partial charge is 0.467 e. The van der Waals surface area contributed by atoms with Gasteiger partial charge in [0.1, 0.15) is 18.2 Å². The standard InChI is InChI=1S/C13H22N2O6.C7H14/c1-13(2,3)21-12(19)14-6-10(17)15-7-8(16)5-9(15)11(18)20-4;1-3-5-7-6-4-2/h8-9,16H,5-7H2,1-4H3,(H,14,19);3H,1,4-7H2,2H3. The van der Waals surface area contributed by atoms with Gasteiger partial charge in [-0.2, -0.15) is 0 Å². The molecule has 0 aliphatic carbocycles. The fourth-order valence-corrected chi connectivity index (χ4v) is 2.55. The lowest BCUT2D eigenvalue weighted by Crippen LogP contribution is -2.46. The van der Waals surface area contributed by atoms with E-state index in [2.05, 4.69) is 23.6 Å². The maximum Gasteiger partial charge on any atom is 0.408 e. The van der Waals surface area contributed by atoms with Crippen molar-refractivity contribution < 1.29 is 29.0 Å². The Kier molecular flexibility index (Phi) is 12.2. The summed E-state index contributed by atoms with van der Waals surface area (Å²) in [5, 5.41) is 11.9. The Balaban J connectivity index is 0.000000887. The van der Waals surface area contributed by atoms with Crippen molar-refractivity contribution in [2.75, 3.05) is 20.2 Å². The van der Waals surface area contributed by atoms with Crippen LogP contribution in [0.3, 0.4) is 0 Å². The van der Waals surface area contributed by atoms with Gasteiger partial charge in [0, 0.05) is 13.0 Å². The van der Waals surface area contributed by atoms with Crippen LogP contribution in [0.25, 0.3) is 0 Å². The van der Waals surface area contributed by atoms with Crippen molar-refractivity contribution >= 4 is 18.0 Å². The Morgan fingerprint density at radius 1 is 1.29 bits per heavy atom. The van der Waals surface area contributed by atoms with Gasteiger partial charge in [-0.3, -0.25) is 4.79 Å². The zero-order valence-electron chi connectivity index (χ0n) is 17.8. The fraction of sp³-hybridized carbons (Fsp3) is 0.750. The molecular weight excluding hydrogens is 364 g/mol. The number of hydrogen-bond acceptors (Lipinski definition) is 6. The highest BCUT2D eigenvalue weighted by Crippen LogP contribution is 2.19. The van der Waals surface area contributed by atoms with E-state index in [1.807, 2.05) is 6.08 Å². The molecule has 0 saturated carbocycles. The first-order valence-corrected chi connectivity index (χ1v) is 9.68. The minimum absolute atomic E-state index is 0.0363. The number of methoxy groups -OCH3 is 1. The summed E-state index contributed by atoms with van der Waals surface area (Å²) in [4.78, 5) is 36.3. The quantitative estimate of drug-likeness (QED) is 0.386. The predicted molar refractivity (Wildman–Crippen MR) is 107 cm³/mol. The second-order valence-electron chi connectivity index (χ2n) is 7.61. The van der Waals surface area contributed by atoms with Crippen molar-refractivity contribution in [1.29, 1.82) is 0 Å². The second kappa shape index (κ2) is 13.1. The lowest BCUT2D eigenvalue weighted by Gasteiger charge is -2.23. The Bertz CT molecular complexity index is 515. The average molecular weight is 401 g/mol. The Labute approximate surface area is 168 Å². The molecule has 162 valence electrons. The summed E-state index contributed by atoms with van der Waals surface area (Å²) in [5.41, 5.74) is -0.661. The molecule has 0 spiro atoms. The van der Waals surface area contributed by atoms with E-state index in [9.17, 15) is 19.5 Å². The normalized spacial score (nSPS) is 18.6. The first-order valence-electron chi connectivity index (χ1n) is 9.68. The molecule has 0 radical (unpaired) electrons. The Morgan fingerprint density at radius 2 is 1.93 bits per heavy atom. The summed E-state index contributed by atoms with van der Waals surface area (Å²) < 4.78 is 9.60. The van der Waals surface area contributed by atoms with Crippen molar-refractivity contribution in [2.45, 2.75) is 77.5 Å². The SMILES string of the molecule is C=CCCCCC.COC(=O)C1CC(O)CN1C(=O)CNC(=O)OC(C)(C)C. The molecule has 1 rings (SSSR count). The highest BCUT2D eigenvalue weighted by molar-refractivity contribution is 5.88. The topological polar surface area (TPSA) is 105 Å². The number of ether oxygens (including phenoxy) is 2. The van der Waals surface area contributed by atoms with Gasteiger partial charge in [-0.25, -0.2) is 9.59 Å². The van der Waals surface area contributed by atoms with Gasteiger partial charge < -0.3 is 24.8 Å². The summed E-state index contributed by atoms with van der Waals surface area (Å²) >= 11 is 0. The van der Waals surface area contributed by atoms with Gasteiger partial charge in [0.25, 0.3) is 0 Å². The van der Waals surface area contributed by atoms with E-state index in [1.54, 1.807) is 20.8 Å². The number of esters is 1. The number of rotatable bonds is 7. The number of allylic oxidation sites excluding steroid dienone is 1. The first kappa shape index (κ1) is 25.9. The maximum atomic E-state index is 12.0. The van der Waals surface area contributed by atoms with Crippen LogP contribution in [0, 0.1) is 0 Å². The molecule has 2 unspecified atom stereocenters. The third-order valence-corrected chi connectivity index (χ3v) is 3.87. The lowest BCUT2D eigenvalue weighted by atomic mass is 10.2. The fourth-order valence-electron chi connectivity index (χ4n) is 2.55. The third kappa shape index (κ3) is 10.9. The predicted octanol–water partition coefficient (Wildman–Crippen LogP) is 2.40. The first-order chi connectivity index (χ1) is 13.1. The maximum absolute atomic E-state index is 12.0. The van der Waals surface area contributed by atoms with Gasteiger partial charge in [-0.1, -0.05) is 25.8 Å². The molecule has 1 saturated heterocycles. The van der Waals surface area contributed by atoms with Crippen molar-refractivity contribution in [3.63, 3.8) is 0 Å². The van der Waals surface area contributed by atoms with Crippen LogP contribution in [0.5, 0.6) is 0 Å². The van der Waals surface area contributed by atoms with E-state index in [0.29, 0.717) is 0 Å². The summed E-state index contributed by atoms with van der Waals surface area (Å²) in [6.07, 6.45) is 5.79. The molecule has 1 fully saturated rings. The van der Waals surface area contributed by atoms with Gasteiger partial charge in [0.15, 0.2) is 0 Å². The minimum atomic E-state index is -0.821. The van der Waals surface area contributed by atoms with Gasteiger partial charge in [-0.05, 0) is 33.6 Å². The van der Waals surface area contributed by atoms with E-state index in [1.165, 1.54) is 37.7 Å². The smallest absolute Gasteiger partial charge is 0.408 e. The van der Waals surface area contributed by atoms with Crippen molar-refractivity contribution in [3.05, 3.63) is 12.7 Å². The summed E-state index contributed by atoms with van der Waals surface area (Å²) in [7, 11) is 1.22. The molecule has 1 aliphatic rings. The van der Waals surface area contributed by atoms with Crippen LogP contribution in [0.4, 0.5) is 4.79 Å². The number of amides is 2. The monoisotopic (exact) mass is 400 g/mol. The van der Waals surface area contributed by atoms with Crippen LogP contribution in [-0.4, -0.2) is 65.9 Å². The number of aliphatic hydroxyl groups is 1. The summed E-state index contributed by atoms with van der Waals surface area (Å²) in [6, 6.07) is -0.821. The van der Waals surface area contributed by atoms with Crippen molar-refractivity contribution in [1.82, 2.24) is 10.2 Å². The molecule has 2 amide bonds. The van der Waals surface area contributed by atoms with E-state index in [0.717, 1.165) is 0 Å². The third-order valence-electron chi connectivity index (χ3n) is 3.87. The van der Waals surface area contributed by atoms with Gasteiger partial charge >= 0.3 is 12.1 Å². The number of alkyl carbamates (subject to hydrolysis) is 1. The molecule has 0 bridgehead atoms. The molecule has 2 N–H and O–H groups in total. The van der Waals surface area contributed by atoms with Crippen LogP contribution in [0.2, 0.25) is 0 Å². The molecule has 0 aromatic carbocycles. The van der Waals surface area contributed by atoms with Crippen LogP contribution >= 0.6 is 0 Å². The van der Waals surface area contributed by atoms with E-state index >= 15 is 0 Å². The Hall–Kier alpha value is -2.09. The van der Waals surface area contributed by atoms with Gasteiger partial charge in [0.2, 0.25) is 5.91 Å². The number of unbranched alkanes of at least 4 members (excludes halogenated alkanes) is 3. The van der Waals surface area contributed by atoms with Crippen LogP contribution < -0.4 is 5.32 Å². The van der Waals surface area contributed by atoms with Gasteiger partial charge in [0.05, 0.1) is 13.2 Å². The molecule has 28 heavy (non-hydrogen) atoms. The highest BCUT2D eigenvalue weighted by atomic mass is 16.6. The zero-order chi connectivity index (χ0) is 21.7. The number of likely N-dealkylation sites (tertiary alicyclic amines) is 1.